The number of aliphatic carboxylic acids is 1. The van der Waals surface area contributed by atoms with Gasteiger partial charge in [0.15, 0.2) is 0 Å². The van der Waals surface area contributed by atoms with Gasteiger partial charge < -0.3 is 5.11 Å². The van der Waals surface area contributed by atoms with Crippen molar-refractivity contribution < 1.29 is 9.90 Å². The normalized spacial score (nSPS) is 12.2. The maximum atomic E-state index is 11.2. The molecular formula is C12H10O2S2. The summed E-state index contributed by atoms with van der Waals surface area (Å²) in [4.78, 5) is 12.2. The summed E-state index contributed by atoms with van der Waals surface area (Å²) in [6.45, 7) is 0. The second-order valence-electron chi connectivity index (χ2n) is 3.21. The number of carbonyl (C=O) groups is 1. The van der Waals surface area contributed by atoms with Gasteiger partial charge in [-0.15, -0.1) is 11.8 Å². The number of hydrogen-bond donors (Lipinski definition) is 1. The van der Waals surface area contributed by atoms with Crippen molar-refractivity contribution in [1.29, 1.82) is 0 Å². The SMILES string of the molecule is O=C(O)C(Sc1ccccc1)c1ccsc1. The highest BCUT2D eigenvalue weighted by Gasteiger charge is 2.21. The fourth-order valence-electron chi connectivity index (χ4n) is 1.32. The van der Waals surface area contributed by atoms with E-state index in [2.05, 4.69) is 0 Å². The standard InChI is InChI=1S/C12H10O2S2/c13-12(14)11(9-6-7-15-8-9)16-10-4-2-1-3-5-10/h1-8,11H,(H,13,14). The summed E-state index contributed by atoms with van der Waals surface area (Å²) in [6.07, 6.45) is 0. The molecule has 16 heavy (non-hydrogen) atoms. The molecule has 0 bridgehead atoms. The first-order valence-corrected chi connectivity index (χ1v) is 6.56. The molecule has 1 unspecified atom stereocenters. The Kier molecular flexibility index (Phi) is 3.64. The monoisotopic (exact) mass is 250 g/mol. The van der Waals surface area contributed by atoms with Gasteiger partial charge >= 0.3 is 5.97 Å². The third-order valence-electron chi connectivity index (χ3n) is 2.07. The number of rotatable bonds is 4. The van der Waals surface area contributed by atoms with E-state index in [1.54, 1.807) is 0 Å². The van der Waals surface area contributed by atoms with Crippen LogP contribution in [0.2, 0.25) is 0 Å². The number of benzene rings is 1. The van der Waals surface area contributed by atoms with Crippen molar-refractivity contribution in [3.05, 3.63) is 52.7 Å². The van der Waals surface area contributed by atoms with Crippen LogP contribution in [-0.2, 0) is 4.79 Å². The number of carboxylic acids is 1. The lowest BCUT2D eigenvalue weighted by molar-refractivity contribution is -0.136. The highest BCUT2D eigenvalue weighted by molar-refractivity contribution is 8.00. The van der Waals surface area contributed by atoms with Crippen LogP contribution in [0.5, 0.6) is 0 Å². The van der Waals surface area contributed by atoms with E-state index in [-0.39, 0.29) is 0 Å². The molecule has 0 aliphatic carbocycles. The zero-order valence-electron chi connectivity index (χ0n) is 8.37. The molecule has 1 N–H and O–H groups in total. The van der Waals surface area contributed by atoms with Crippen molar-refractivity contribution in [2.75, 3.05) is 0 Å². The molecule has 1 aromatic heterocycles. The molecule has 0 aliphatic rings. The van der Waals surface area contributed by atoms with Gasteiger partial charge in [0, 0.05) is 4.90 Å². The molecule has 1 atom stereocenters. The second kappa shape index (κ2) is 5.18. The van der Waals surface area contributed by atoms with E-state index in [9.17, 15) is 9.90 Å². The molecule has 2 nitrogen and oxygen atoms in total. The number of carboxylic acid groups (broad SMARTS) is 1. The molecule has 2 aromatic rings. The lowest BCUT2D eigenvalue weighted by Gasteiger charge is -2.10. The van der Waals surface area contributed by atoms with E-state index in [4.69, 9.17) is 0 Å². The summed E-state index contributed by atoms with van der Waals surface area (Å²) in [5, 5.41) is 12.5. The fraction of sp³-hybridized carbons (Fsp3) is 0.0833. The van der Waals surface area contributed by atoms with Gasteiger partial charge in [-0.3, -0.25) is 4.79 Å². The first-order chi connectivity index (χ1) is 7.77. The molecular weight excluding hydrogens is 240 g/mol. The van der Waals surface area contributed by atoms with E-state index in [1.807, 2.05) is 47.2 Å². The lowest BCUT2D eigenvalue weighted by atomic mass is 10.2. The van der Waals surface area contributed by atoms with Gasteiger partial charge in [0.05, 0.1) is 0 Å². The molecule has 0 radical (unpaired) electrons. The quantitative estimate of drug-likeness (QED) is 0.841. The molecule has 0 saturated carbocycles. The van der Waals surface area contributed by atoms with Gasteiger partial charge in [0.2, 0.25) is 0 Å². The van der Waals surface area contributed by atoms with Gasteiger partial charge in [-0.25, -0.2) is 0 Å². The van der Waals surface area contributed by atoms with Gasteiger partial charge in [-0.2, -0.15) is 11.3 Å². The van der Waals surface area contributed by atoms with E-state index >= 15 is 0 Å². The summed E-state index contributed by atoms with van der Waals surface area (Å²) >= 11 is 2.88. The summed E-state index contributed by atoms with van der Waals surface area (Å²) in [5.74, 6) is -0.799. The van der Waals surface area contributed by atoms with E-state index in [0.29, 0.717) is 0 Å². The number of thiophene rings is 1. The maximum Gasteiger partial charge on any atom is 0.321 e. The summed E-state index contributed by atoms with van der Waals surface area (Å²) in [5.41, 5.74) is 0.853. The van der Waals surface area contributed by atoms with Crippen LogP contribution in [0.4, 0.5) is 0 Å². The van der Waals surface area contributed by atoms with Crippen molar-refractivity contribution >= 4 is 29.1 Å². The Balaban J connectivity index is 2.19. The van der Waals surface area contributed by atoms with Gasteiger partial charge in [-0.1, -0.05) is 18.2 Å². The van der Waals surface area contributed by atoms with E-state index in [0.717, 1.165) is 10.5 Å². The smallest absolute Gasteiger partial charge is 0.321 e. The molecule has 82 valence electrons. The van der Waals surface area contributed by atoms with Gasteiger partial charge in [0.1, 0.15) is 5.25 Å². The van der Waals surface area contributed by atoms with Crippen LogP contribution in [0.1, 0.15) is 10.8 Å². The minimum atomic E-state index is -0.799. The number of hydrogen-bond acceptors (Lipinski definition) is 3. The van der Waals surface area contributed by atoms with E-state index in [1.165, 1.54) is 23.1 Å². The molecule has 1 aromatic carbocycles. The Bertz CT molecular complexity index is 451. The first kappa shape index (κ1) is 11.2. The predicted molar refractivity (Wildman–Crippen MR) is 67.0 cm³/mol. The molecule has 0 saturated heterocycles. The molecule has 0 fully saturated rings. The fourth-order valence-corrected chi connectivity index (χ4v) is 3.06. The molecule has 4 heteroatoms. The average Bonchev–Trinajstić information content (AvgIpc) is 2.80. The molecule has 2 rings (SSSR count). The van der Waals surface area contributed by atoms with Crippen molar-refractivity contribution in [2.24, 2.45) is 0 Å². The van der Waals surface area contributed by atoms with Crippen molar-refractivity contribution in [1.82, 2.24) is 0 Å². The Hall–Kier alpha value is -1.26. The van der Waals surface area contributed by atoms with Gasteiger partial charge in [0.25, 0.3) is 0 Å². The maximum absolute atomic E-state index is 11.2. The van der Waals surface area contributed by atoms with Crippen LogP contribution in [0.3, 0.4) is 0 Å². The minimum absolute atomic E-state index is 0.520. The third kappa shape index (κ3) is 2.65. The van der Waals surface area contributed by atoms with Crippen LogP contribution < -0.4 is 0 Å². The summed E-state index contributed by atoms with van der Waals surface area (Å²) < 4.78 is 0. The first-order valence-electron chi connectivity index (χ1n) is 4.74. The Morgan fingerprint density at radius 2 is 2.00 bits per heavy atom. The summed E-state index contributed by atoms with van der Waals surface area (Å²) in [6, 6.07) is 11.5. The van der Waals surface area contributed by atoms with Crippen LogP contribution in [0.25, 0.3) is 0 Å². The highest BCUT2D eigenvalue weighted by Crippen LogP contribution is 2.36. The molecule has 0 spiro atoms. The topological polar surface area (TPSA) is 37.3 Å². The summed E-state index contributed by atoms with van der Waals surface area (Å²) in [7, 11) is 0. The average molecular weight is 250 g/mol. The zero-order valence-corrected chi connectivity index (χ0v) is 10.0. The van der Waals surface area contributed by atoms with Crippen LogP contribution in [0.15, 0.2) is 52.1 Å². The Morgan fingerprint density at radius 1 is 1.25 bits per heavy atom. The van der Waals surface area contributed by atoms with Crippen LogP contribution in [-0.4, -0.2) is 11.1 Å². The molecule has 0 amide bonds. The van der Waals surface area contributed by atoms with E-state index < -0.39 is 11.2 Å². The highest BCUT2D eigenvalue weighted by atomic mass is 32.2. The van der Waals surface area contributed by atoms with Crippen molar-refractivity contribution in [2.45, 2.75) is 10.1 Å². The van der Waals surface area contributed by atoms with Gasteiger partial charge in [-0.05, 0) is 34.5 Å². The van der Waals surface area contributed by atoms with Crippen LogP contribution in [0, 0.1) is 0 Å². The third-order valence-corrected chi connectivity index (χ3v) is 4.02. The largest absolute Gasteiger partial charge is 0.480 e. The van der Waals surface area contributed by atoms with Crippen molar-refractivity contribution in [3.63, 3.8) is 0 Å². The predicted octanol–water partition coefficient (Wildman–Crippen LogP) is 3.67. The minimum Gasteiger partial charge on any atom is -0.480 e. The lowest BCUT2D eigenvalue weighted by Crippen LogP contribution is -2.06. The Labute approximate surface area is 102 Å². The molecule has 0 aliphatic heterocycles. The Morgan fingerprint density at radius 3 is 2.56 bits per heavy atom. The molecule has 1 heterocycles. The zero-order chi connectivity index (χ0) is 11.4. The number of thioether (sulfide) groups is 1. The van der Waals surface area contributed by atoms with Crippen molar-refractivity contribution in [3.8, 4) is 0 Å². The van der Waals surface area contributed by atoms with Crippen LogP contribution >= 0.6 is 23.1 Å². The second-order valence-corrected chi connectivity index (χ2v) is 5.16.